The molecule has 0 amide bonds. The minimum atomic E-state index is -0.368. The van der Waals surface area contributed by atoms with E-state index in [1.54, 1.807) is 0 Å². The summed E-state index contributed by atoms with van der Waals surface area (Å²) in [4.78, 5) is 2.44. The topological polar surface area (TPSA) is 32.7 Å². The molecule has 0 aromatic heterocycles. The van der Waals surface area contributed by atoms with E-state index in [1.807, 2.05) is 19.1 Å². The fourth-order valence-corrected chi connectivity index (χ4v) is 3.06. The Kier molecular flexibility index (Phi) is 5.44. The van der Waals surface area contributed by atoms with Crippen molar-refractivity contribution >= 4 is 0 Å². The fraction of sp³-hybridized carbons (Fsp3) is 0.400. The Bertz CT molecular complexity index is 618. The summed E-state index contributed by atoms with van der Waals surface area (Å²) >= 11 is 0. The van der Waals surface area contributed by atoms with Gasteiger partial charge in [-0.15, -0.1) is 0 Å². The highest BCUT2D eigenvalue weighted by Gasteiger charge is 2.13. The minimum Gasteiger partial charge on any atom is -0.388 e. The molecule has 2 aromatic carbocycles. The van der Waals surface area contributed by atoms with Gasteiger partial charge in [-0.1, -0.05) is 55.5 Å². The predicted molar refractivity (Wildman–Crippen MR) is 93.2 cm³/mol. The highest BCUT2D eigenvalue weighted by atomic mass is 16.5. The van der Waals surface area contributed by atoms with E-state index in [2.05, 4.69) is 41.3 Å². The third-order valence-electron chi connectivity index (χ3n) is 4.51. The molecular formula is C20H25NO2. The fourth-order valence-electron chi connectivity index (χ4n) is 3.06. The zero-order valence-electron chi connectivity index (χ0n) is 13.7. The summed E-state index contributed by atoms with van der Waals surface area (Å²) in [6.07, 6.45) is 0.375. The molecule has 0 aliphatic carbocycles. The monoisotopic (exact) mass is 311 g/mol. The standard InChI is InChI=1S/C20H25NO2/c1-2-20(22)17-9-7-16(8-10-17)19-6-4-3-5-18(19)15-21-11-13-23-14-12-21/h3-10,20,22H,2,11-15H2,1H3/t20-/m0/s1. The van der Waals surface area contributed by atoms with Crippen molar-refractivity contribution in [2.24, 2.45) is 0 Å². The molecule has 122 valence electrons. The highest BCUT2D eigenvalue weighted by molar-refractivity contribution is 5.67. The first-order chi connectivity index (χ1) is 11.3. The van der Waals surface area contributed by atoms with Gasteiger partial charge in [-0.2, -0.15) is 0 Å². The quantitative estimate of drug-likeness (QED) is 0.915. The first-order valence-electron chi connectivity index (χ1n) is 8.44. The van der Waals surface area contributed by atoms with Crippen molar-refractivity contribution in [1.29, 1.82) is 0 Å². The van der Waals surface area contributed by atoms with E-state index < -0.39 is 0 Å². The van der Waals surface area contributed by atoms with Crippen molar-refractivity contribution in [2.45, 2.75) is 26.0 Å². The molecular weight excluding hydrogens is 286 g/mol. The first-order valence-corrected chi connectivity index (χ1v) is 8.44. The largest absolute Gasteiger partial charge is 0.388 e. The Labute approximate surface area is 138 Å². The summed E-state index contributed by atoms with van der Waals surface area (Å²) < 4.78 is 5.43. The van der Waals surface area contributed by atoms with Gasteiger partial charge in [0.15, 0.2) is 0 Å². The minimum absolute atomic E-state index is 0.368. The molecule has 2 aromatic rings. The van der Waals surface area contributed by atoms with Crippen LogP contribution in [-0.2, 0) is 11.3 Å². The van der Waals surface area contributed by atoms with Gasteiger partial charge in [-0.3, -0.25) is 4.90 Å². The zero-order valence-corrected chi connectivity index (χ0v) is 13.7. The van der Waals surface area contributed by atoms with Crippen LogP contribution in [0.15, 0.2) is 48.5 Å². The van der Waals surface area contributed by atoms with E-state index >= 15 is 0 Å². The molecule has 1 N–H and O–H groups in total. The molecule has 23 heavy (non-hydrogen) atoms. The molecule has 1 aliphatic heterocycles. The second-order valence-electron chi connectivity index (χ2n) is 6.09. The Hall–Kier alpha value is -1.68. The van der Waals surface area contributed by atoms with Crippen molar-refractivity contribution in [3.05, 3.63) is 59.7 Å². The number of nitrogens with zero attached hydrogens (tertiary/aromatic N) is 1. The van der Waals surface area contributed by atoms with Gasteiger partial charge < -0.3 is 9.84 Å². The molecule has 0 bridgehead atoms. The molecule has 1 heterocycles. The first kappa shape index (κ1) is 16.2. The molecule has 0 saturated carbocycles. The molecule has 3 nitrogen and oxygen atoms in total. The normalized spacial score (nSPS) is 17.1. The molecule has 3 rings (SSSR count). The van der Waals surface area contributed by atoms with Gasteiger partial charge in [0.05, 0.1) is 19.3 Å². The van der Waals surface area contributed by atoms with Crippen LogP contribution in [0.4, 0.5) is 0 Å². The molecule has 1 saturated heterocycles. The maximum atomic E-state index is 9.94. The van der Waals surface area contributed by atoms with E-state index in [9.17, 15) is 5.11 Å². The van der Waals surface area contributed by atoms with Crippen LogP contribution in [0.3, 0.4) is 0 Å². The number of morpholine rings is 1. The number of hydrogen-bond acceptors (Lipinski definition) is 3. The Morgan fingerprint density at radius 1 is 1.04 bits per heavy atom. The van der Waals surface area contributed by atoms with Gasteiger partial charge in [-0.05, 0) is 28.7 Å². The summed E-state index contributed by atoms with van der Waals surface area (Å²) in [5.74, 6) is 0. The second-order valence-corrected chi connectivity index (χ2v) is 6.09. The van der Waals surface area contributed by atoms with E-state index in [0.29, 0.717) is 0 Å². The van der Waals surface area contributed by atoms with Crippen LogP contribution < -0.4 is 0 Å². The molecule has 1 atom stereocenters. The highest BCUT2D eigenvalue weighted by Crippen LogP contribution is 2.27. The third kappa shape index (κ3) is 3.99. The van der Waals surface area contributed by atoms with Crippen LogP contribution in [0.1, 0.15) is 30.6 Å². The Morgan fingerprint density at radius 2 is 1.74 bits per heavy atom. The second kappa shape index (κ2) is 7.73. The average Bonchev–Trinajstić information content (AvgIpc) is 2.62. The van der Waals surface area contributed by atoms with Gasteiger partial charge in [0.2, 0.25) is 0 Å². The molecule has 0 spiro atoms. The lowest BCUT2D eigenvalue weighted by Gasteiger charge is -2.27. The van der Waals surface area contributed by atoms with E-state index in [4.69, 9.17) is 4.74 Å². The van der Waals surface area contributed by atoms with E-state index in [1.165, 1.54) is 16.7 Å². The SMILES string of the molecule is CC[C@H](O)c1ccc(-c2ccccc2CN2CCOCC2)cc1. The maximum absolute atomic E-state index is 9.94. The average molecular weight is 311 g/mol. The van der Waals surface area contributed by atoms with Crippen molar-refractivity contribution in [3.63, 3.8) is 0 Å². The number of hydrogen-bond donors (Lipinski definition) is 1. The van der Waals surface area contributed by atoms with Gasteiger partial charge in [0.1, 0.15) is 0 Å². The number of rotatable bonds is 5. The van der Waals surface area contributed by atoms with Crippen LogP contribution in [0.25, 0.3) is 11.1 Å². The van der Waals surface area contributed by atoms with Crippen LogP contribution >= 0.6 is 0 Å². The number of ether oxygens (including phenoxy) is 1. The molecule has 1 fully saturated rings. The third-order valence-corrected chi connectivity index (χ3v) is 4.51. The van der Waals surface area contributed by atoms with Crippen molar-refractivity contribution in [2.75, 3.05) is 26.3 Å². The van der Waals surface area contributed by atoms with Crippen molar-refractivity contribution < 1.29 is 9.84 Å². The predicted octanol–water partition coefficient (Wildman–Crippen LogP) is 3.63. The number of aliphatic hydroxyl groups excluding tert-OH is 1. The summed E-state index contributed by atoms with van der Waals surface area (Å²) in [6, 6.07) is 16.9. The van der Waals surface area contributed by atoms with Gasteiger partial charge >= 0.3 is 0 Å². The van der Waals surface area contributed by atoms with Crippen molar-refractivity contribution in [3.8, 4) is 11.1 Å². The molecule has 1 aliphatic rings. The zero-order chi connectivity index (χ0) is 16.1. The summed E-state index contributed by atoms with van der Waals surface area (Å²) in [6.45, 7) is 6.60. The summed E-state index contributed by atoms with van der Waals surface area (Å²) in [7, 11) is 0. The van der Waals surface area contributed by atoms with Crippen molar-refractivity contribution in [1.82, 2.24) is 4.90 Å². The van der Waals surface area contributed by atoms with Crippen LogP contribution in [-0.4, -0.2) is 36.3 Å². The molecule has 0 radical (unpaired) electrons. The van der Waals surface area contributed by atoms with Crippen LogP contribution in [0.5, 0.6) is 0 Å². The van der Waals surface area contributed by atoms with Crippen LogP contribution in [0.2, 0.25) is 0 Å². The molecule has 0 unspecified atom stereocenters. The Balaban J connectivity index is 1.81. The molecule has 3 heteroatoms. The lowest BCUT2D eigenvalue weighted by Crippen LogP contribution is -2.35. The maximum Gasteiger partial charge on any atom is 0.0787 e. The number of benzene rings is 2. The van der Waals surface area contributed by atoms with Gasteiger partial charge in [-0.25, -0.2) is 0 Å². The lowest BCUT2D eigenvalue weighted by atomic mass is 9.97. The van der Waals surface area contributed by atoms with Gasteiger partial charge in [0.25, 0.3) is 0 Å². The smallest absolute Gasteiger partial charge is 0.0787 e. The summed E-state index contributed by atoms with van der Waals surface area (Å²) in [5, 5.41) is 9.94. The van der Waals surface area contributed by atoms with E-state index in [0.717, 1.165) is 44.8 Å². The van der Waals surface area contributed by atoms with Crippen LogP contribution in [0, 0.1) is 0 Å². The van der Waals surface area contributed by atoms with Gasteiger partial charge in [0, 0.05) is 19.6 Å². The number of aliphatic hydroxyl groups is 1. The lowest BCUT2D eigenvalue weighted by molar-refractivity contribution is 0.0342. The summed E-state index contributed by atoms with van der Waals surface area (Å²) in [5.41, 5.74) is 4.82. The van der Waals surface area contributed by atoms with E-state index in [-0.39, 0.29) is 6.10 Å². The Morgan fingerprint density at radius 3 is 2.43 bits per heavy atom.